The van der Waals surface area contributed by atoms with Gasteiger partial charge in [-0.1, -0.05) is 11.6 Å². The summed E-state index contributed by atoms with van der Waals surface area (Å²) in [5.74, 6) is -2.55. The molecule has 1 amide bonds. The highest BCUT2D eigenvalue weighted by atomic mass is 35.5. The predicted octanol–water partition coefficient (Wildman–Crippen LogP) is 2.65. The number of carboxylic acids is 1. The van der Waals surface area contributed by atoms with Crippen molar-refractivity contribution in [2.45, 2.75) is 37.8 Å². The van der Waals surface area contributed by atoms with Crippen molar-refractivity contribution >= 4 is 46.3 Å². The SMILES string of the molecule is CC(NC(=O)c1c(N)nn2cccnc12)c1cc(Cl)c2cncn2c1N1C[C@H](O)C[C@@H](F)C1.O=C(O)C(F)(F)F. The van der Waals surface area contributed by atoms with Gasteiger partial charge in [0.2, 0.25) is 0 Å². The summed E-state index contributed by atoms with van der Waals surface area (Å²) in [7, 11) is 0. The molecule has 5 rings (SSSR count). The molecule has 3 atom stereocenters. The van der Waals surface area contributed by atoms with Crippen molar-refractivity contribution < 1.29 is 37.4 Å². The summed E-state index contributed by atoms with van der Waals surface area (Å²) in [4.78, 5) is 32.2. The van der Waals surface area contributed by atoms with Gasteiger partial charge in [0.15, 0.2) is 11.5 Å². The van der Waals surface area contributed by atoms with Crippen molar-refractivity contribution in [3.8, 4) is 0 Å². The van der Waals surface area contributed by atoms with Crippen LogP contribution in [0.5, 0.6) is 0 Å². The first kappa shape index (κ1) is 28.8. The molecule has 1 fully saturated rings. The normalized spacial score (nSPS) is 18.3. The lowest BCUT2D eigenvalue weighted by Crippen LogP contribution is -2.45. The number of nitrogens with two attached hydrogens (primary N) is 1. The van der Waals surface area contributed by atoms with Gasteiger partial charge in [-0.25, -0.2) is 23.7 Å². The average Bonchev–Trinajstić information content (AvgIpc) is 3.47. The molecule has 0 spiro atoms. The number of pyridine rings is 1. The Balaban J connectivity index is 0.000000470. The molecule has 17 heteroatoms. The van der Waals surface area contributed by atoms with Crippen molar-refractivity contribution in [2.75, 3.05) is 23.7 Å². The van der Waals surface area contributed by atoms with Crippen molar-refractivity contribution in [2.24, 2.45) is 0 Å². The van der Waals surface area contributed by atoms with Gasteiger partial charge in [-0.2, -0.15) is 13.2 Å². The number of carbonyl (C=O) groups excluding carboxylic acids is 1. The minimum atomic E-state index is -5.08. The standard InChI is InChI=1S/C21H22ClFN8O2.C2HF3O2/c1-11(27-20(33)17-18(24)28-31-4-2-3-26-19(17)31)14-6-15(22)16-7-25-10-30(16)21(14)29-8-12(23)5-13(32)9-29;3-2(4,5)1(6)7/h2-4,6-7,10-13,32H,5,8-9H2,1H3,(H2,24,28)(H,27,33);(H,6,7)/t11?,12-,13-;/m1./s1. The molecule has 1 unspecified atom stereocenters. The van der Waals surface area contributed by atoms with Crippen molar-refractivity contribution in [3.63, 3.8) is 0 Å². The monoisotopic (exact) mass is 586 g/mol. The minimum absolute atomic E-state index is 0.0566. The van der Waals surface area contributed by atoms with Crippen LogP contribution in [-0.2, 0) is 4.79 Å². The van der Waals surface area contributed by atoms with E-state index < -0.39 is 36.4 Å². The first-order valence-corrected chi connectivity index (χ1v) is 12.1. The van der Waals surface area contributed by atoms with Crippen LogP contribution in [0.15, 0.2) is 37.1 Å². The van der Waals surface area contributed by atoms with Crippen LogP contribution in [0.2, 0.25) is 5.02 Å². The second kappa shape index (κ2) is 11.1. The predicted molar refractivity (Wildman–Crippen MR) is 135 cm³/mol. The molecule has 1 saturated heterocycles. The van der Waals surface area contributed by atoms with Gasteiger partial charge >= 0.3 is 12.1 Å². The van der Waals surface area contributed by atoms with Gasteiger partial charge in [0.05, 0.1) is 35.4 Å². The molecular formula is C23H23ClF4N8O4. The number of nitrogens with one attached hydrogen (secondary N) is 1. The number of amides is 1. The molecule has 4 aromatic heterocycles. The molecule has 214 valence electrons. The highest BCUT2D eigenvalue weighted by molar-refractivity contribution is 6.34. The number of aliphatic carboxylic acids is 1. The number of β-amino-alcohol motifs (C(OH)–C–C–N with tert-alkyl or cyclic N) is 1. The largest absolute Gasteiger partial charge is 0.490 e. The minimum Gasteiger partial charge on any atom is -0.475 e. The Morgan fingerprint density at radius 3 is 2.65 bits per heavy atom. The van der Waals surface area contributed by atoms with Gasteiger partial charge in [-0.3, -0.25) is 9.20 Å². The van der Waals surface area contributed by atoms with Gasteiger partial charge in [0.1, 0.15) is 23.9 Å². The van der Waals surface area contributed by atoms with Crippen LogP contribution >= 0.6 is 11.6 Å². The number of fused-ring (bicyclic) bond motifs is 2. The highest BCUT2D eigenvalue weighted by Crippen LogP contribution is 2.34. The quantitative estimate of drug-likeness (QED) is 0.263. The zero-order valence-corrected chi connectivity index (χ0v) is 21.4. The lowest BCUT2D eigenvalue weighted by atomic mass is 10.0. The third-order valence-corrected chi connectivity index (χ3v) is 6.34. The van der Waals surface area contributed by atoms with Crippen LogP contribution in [0, 0.1) is 0 Å². The molecule has 0 aromatic carbocycles. The number of nitrogen functional groups attached to an aromatic ring is 1. The lowest BCUT2D eigenvalue weighted by molar-refractivity contribution is -0.192. The van der Waals surface area contributed by atoms with Gasteiger partial charge in [-0.05, 0) is 19.1 Å². The zero-order chi connectivity index (χ0) is 29.4. The lowest BCUT2D eigenvalue weighted by Gasteiger charge is -2.36. The number of nitrogens with zero attached hydrogens (tertiary/aromatic N) is 6. The number of aliphatic hydroxyl groups is 1. The Bertz CT molecular complexity index is 1550. The van der Waals surface area contributed by atoms with E-state index >= 15 is 0 Å². The van der Waals surface area contributed by atoms with E-state index in [1.54, 1.807) is 53.3 Å². The number of anilines is 2. The molecule has 40 heavy (non-hydrogen) atoms. The molecule has 5 N–H and O–H groups in total. The average molecular weight is 587 g/mol. The maximum absolute atomic E-state index is 14.3. The van der Waals surface area contributed by atoms with E-state index in [-0.39, 0.29) is 30.9 Å². The van der Waals surface area contributed by atoms with Crippen molar-refractivity contribution in [1.82, 2.24) is 29.3 Å². The number of carbonyl (C=O) groups is 2. The van der Waals surface area contributed by atoms with Crippen LogP contribution < -0.4 is 16.0 Å². The number of piperidine rings is 1. The fourth-order valence-electron chi connectivity index (χ4n) is 4.36. The fourth-order valence-corrected chi connectivity index (χ4v) is 4.62. The van der Waals surface area contributed by atoms with Gasteiger partial charge < -0.3 is 26.2 Å². The molecule has 12 nitrogen and oxygen atoms in total. The second-order valence-corrected chi connectivity index (χ2v) is 9.37. The molecule has 0 saturated carbocycles. The topological polar surface area (TPSA) is 163 Å². The third-order valence-electron chi connectivity index (χ3n) is 6.03. The van der Waals surface area contributed by atoms with E-state index in [4.69, 9.17) is 27.2 Å². The van der Waals surface area contributed by atoms with E-state index in [1.807, 2.05) is 0 Å². The van der Waals surface area contributed by atoms with Crippen LogP contribution in [0.1, 0.15) is 35.3 Å². The zero-order valence-electron chi connectivity index (χ0n) is 20.7. The third kappa shape index (κ3) is 5.86. The first-order chi connectivity index (χ1) is 18.8. The number of imidazole rings is 1. The molecule has 0 bridgehead atoms. The Hall–Kier alpha value is -4.18. The number of halogens is 5. The Kier molecular flexibility index (Phi) is 8.02. The van der Waals surface area contributed by atoms with Gasteiger partial charge in [0.25, 0.3) is 5.91 Å². The molecule has 4 aromatic rings. The number of hydrogen-bond acceptors (Lipinski definition) is 8. The Labute approximate surface area is 228 Å². The van der Waals surface area contributed by atoms with E-state index in [0.717, 1.165) is 0 Å². The van der Waals surface area contributed by atoms with E-state index in [1.165, 1.54) is 4.52 Å². The fraction of sp³-hybridized carbons (Fsp3) is 0.348. The first-order valence-electron chi connectivity index (χ1n) is 11.7. The summed E-state index contributed by atoms with van der Waals surface area (Å²) in [5.41, 5.74) is 7.77. The summed E-state index contributed by atoms with van der Waals surface area (Å²) in [6, 6.07) is 2.86. The number of aromatic nitrogens is 5. The molecule has 0 aliphatic carbocycles. The van der Waals surface area contributed by atoms with Crippen LogP contribution in [0.25, 0.3) is 11.2 Å². The number of carboxylic acid groups (broad SMARTS) is 1. The maximum Gasteiger partial charge on any atom is 0.490 e. The van der Waals surface area contributed by atoms with E-state index in [2.05, 4.69) is 20.4 Å². The Morgan fingerprint density at radius 1 is 1.30 bits per heavy atom. The summed E-state index contributed by atoms with van der Waals surface area (Å²) in [6.45, 7) is 2.14. The number of aliphatic hydroxyl groups excluding tert-OH is 1. The molecule has 1 aliphatic rings. The summed E-state index contributed by atoms with van der Waals surface area (Å²) in [5, 5.41) is 24.8. The van der Waals surface area contributed by atoms with Gasteiger partial charge in [-0.15, -0.1) is 5.10 Å². The van der Waals surface area contributed by atoms with Crippen molar-refractivity contribution in [1.29, 1.82) is 0 Å². The molecular weight excluding hydrogens is 564 g/mol. The highest BCUT2D eigenvalue weighted by Gasteiger charge is 2.38. The van der Waals surface area contributed by atoms with E-state index in [9.17, 15) is 27.5 Å². The Morgan fingerprint density at radius 2 is 2.00 bits per heavy atom. The second-order valence-electron chi connectivity index (χ2n) is 8.96. The summed E-state index contributed by atoms with van der Waals surface area (Å²) in [6.07, 6.45) is -0.612. The number of hydrogen-bond donors (Lipinski definition) is 4. The smallest absolute Gasteiger partial charge is 0.475 e. The molecule has 1 aliphatic heterocycles. The van der Waals surface area contributed by atoms with E-state index in [0.29, 0.717) is 27.6 Å². The summed E-state index contributed by atoms with van der Waals surface area (Å²) < 4.78 is 49.3. The number of alkyl halides is 4. The molecule has 5 heterocycles. The van der Waals surface area contributed by atoms with Crippen LogP contribution in [0.4, 0.5) is 29.2 Å². The molecule has 0 radical (unpaired) electrons. The maximum atomic E-state index is 14.3. The number of rotatable bonds is 4. The van der Waals surface area contributed by atoms with Gasteiger partial charge in [0, 0.05) is 30.9 Å². The van der Waals surface area contributed by atoms with Crippen LogP contribution in [-0.4, -0.2) is 77.6 Å². The van der Waals surface area contributed by atoms with Crippen LogP contribution in [0.3, 0.4) is 0 Å². The van der Waals surface area contributed by atoms with Crippen molar-refractivity contribution in [3.05, 3.63) is 53.2 Å². The summed E-state index contributed by atoms with van der Waals surface area (Å²) >= 11 is 6.50.